The highest BCUT2D eigenvalue weighted by Gasteiger charge is 2.06. The van der Waals surface area contributed by atoms with Crippen LogP contribution >= 0.6 is 0 Å². The van der Waals surface area contributed by atoms with Crippen LogP contribution in [0.3, 0.4) is 0 Å². The Labute approximate surface area is 92.0 Å². The summed E-state index contributed by atoms with van der Waals surface area (Å²) in [4.78, 5) is 11.9. The summed E-state index contributed by atoms with van der Waals surface area (Å²) in [5.74, 6) is 0. The van der Waals surface area contributed by atoms with E-state index < -0.39 is 0 Å². The van der Waals surface area contributed by atoms with Crippen molar-refractivity contribution in [3.63, 3.8) is 0 Å². The minimum Gasteiger partial charge on any atom is -0.624 e. The first-order valence-electron chi connectivity index (χ1n) is 5.01. The fourth-order valence-electron chi connectivity index (χ4n) is 1.43. The molecule has 0 bridgehead atoms. The Balaban J connectivity index is 2.66. The van der Waals surface area contributed by atoms with Gasteiger partial charge in [-0.05, 0) is 19.1 Å². The van der Waals surface area contributed by atoms with Crippen LogP contribution in [-0.2, 0) is 0 Å². The van der Waals surface area contributed by atoms with Crippen molar-refractivity contribution in [2.75, 3.05) is 6.54 Å². The average Bonchev–Trinajstić information content (AvgIpc) is 2.33. The van der Waals surface area contributed by atoms with Crippen molar-refractivity contribution in [2.24, 2.45) is 0 Å². The lowest BCUT2D eigenvalue weighted by Crippen LogP contribution is -2.13. The van der Waals surface area contributed by atoms with Crippen LogP contribution in [-0.4, -0.2) is 17.5 Å². The number of para-hydroxylation sites is 1. The molecule has 0 aliphatic heterocycles. The van der Waals surface area contributed by atoms with E-state index in [-0.39, 0.29) is 11.0 Å². The van der Waals surface area contributed by atoms with E-state index in [2.05, 4.69) is 0 Å². The molecule has 1 heterocycles. The Morgan fingerprint density at radius 1 is 1.44 bits per heavy atom. The van der Waals surface area contributed by atoms with Gasteiger partial charge in [0.1, 0.15) is 17.4 Å². The lowest BCUT2D eigenvalue weighted by Gasteiger charge is -2.00. The maximum Gasteiger partial charge on any atom is 0.205 e. The van der Waals surface area contributed by atoms with Crippen LogP contribution in [0.5, 0.6) is 0 Å². The Morgan fingerprint density at radius 2 is 2.19 bits per heavy atom. The zero-order chi connectivity index (χ0) is 11.5. The van der Waals surface area contributed by atoms with E-state index in [1.165, 1.54) is 12.5 Å². The van der Waals surface area contributed by atoms with Gasteiger partial charge in [0.15, 0.2) is 12.8 Å². The Morgan fingerprint density at radius 3 is 2.94 bits per heavy atom. The van der Waals surface area contributed by atoms with Gasteiger partial charge in [-0.25, -0.2) is 4.74 Å². The first kappa shape index (κ1) is 10.4. The van der Waals surface area contributed by atoms with E-state index in [4.69, 9.17) is 4.42 Å². The Kier molecular flexibility index (Phi) is 2.72. The van der Waals surface area contributed by atoms with Crippen LogP contribution in [0.25, 0.3) is 11.0 Å². The van der Waals surface area contributed by atoms with Crippen molar-refractivity contribution < 1.29 is 9.16 Å². The molecule has 2 rings (SSSR count). The Hall–Kier alpha value is -2.10. The first-order chi connectivity index (χ1) is 7.72. The highest BCUT2D eigenvalue weighted by Crippen LogP contribution is 2.09. The molecule has 1 aromatic carbocycles. The van der Waals surface area contributed by atoms with E-state index in [0.717, 1.165) is 0 Å². The lowest BCUT2D eigenvalue weighted by molar-refractivity contribution is -0.447. The maximum atomic E-state index is 11.9. The number of hydroxylamine groups is 1. The van der Waals surface area contributed by atoms with Crippen molar-refractivity contribution in [3.8, 4) is 0 Å². The Bertz CT molecular complexity index is 598. The van der Waals surface area contributed by atoms with E-state index in [1.54, 1.807) is 31.2 Å². The second-order valence-electron chi connectivity index (χ2n) is 3.38. The third kappa shape index (κ3) is 1.82. The number of hydrogen-bond donors (Lipinski definition) is 0. The van der Waals surface area contributed by atoms with Crippen molar-refractivity contribution >= 4 is 17.2 Å². The fraction of sp³-hybridized carbons (Fsp3) is 0.167. The normalized spacial score (nSPS) is 11.9. The van der Waals surface area contributed by atoms with Crippen LogP contribution < -0.4 is 5.43 Å². The molecule has 0 amide bonds. The molecule has 1 aromatic heterocycles. The predicted octanol–water partition coefficient (Wildman–Crippen LogP) is 1.74. The van der Waals surface area contributed by atoms with Gasteiger partial charge in [-0.15, -0.1) is 0 Å². The van der Waals surface area contributed by atoms with Crippen LogP contribution in [0, 0.1) is 5.21 Å². The van der Waals surface area contributed by atoms with Crippen molar-refractivity contribution in [3.05, 3.63) is 51.5 Å². The van der Waals surface area contributed by atoms with Gasteiger partial charge in [0, 0.05) is 0 Å². The molecule has 4 nitrogen and oxygen atoms in total. The summed E-state index contributed by atoms with van der Waals surface area (Å²) in [6.07, 6.45) is 2.56. The van der Waals surface area contributed by atoms with E-state index in [0.29, 0.717) is 22.3 Å². The molecule has 0 unspecified atom stereocenters. The second kappa shape index (κ2) is 4.18. The SMILES string of the molecule is CC/[N+]([O-])=C\c1coc2ccccc2c1=O. The van der Waals surface area contributed by atoms with Gasteiger partial charge in [0.2, 0.25) is 5.43 Å². The van der Waals surface area contributed by atoms with Gasteiger partial charge in [0.05, 0.1) is 5.39 Å². The molecular weight excluding hydrogens is 206 g/mol. The molecule has 4 heteroatoms. The molecule has 0 spiro atoms. The molecule has 2 aromatic rings. The molecule has 0 saturated heterocycles. The van der Waals surface area contributed by atoms with Gasteiger partial charge in [-0.3, -0.25) is 4.79 Å². The van der Waals surface area contributed by atoms with E-state index in [9.17, 15) is 10.0 Å². The quantitative estimate of drug-likeness (QED) is 0.333. The van der Waals surface area contributed by atoms with Gasteiger partial charge < -0.3 is 9.62 Å². The molecule has 0 aliphatic rings. The zero-order valence-electron chi connectivity index (χ0n) is 8.84. The molecule has 0 atom stereocenters. The predicted molar refractivity (Wildman–Crippen MR) is 61.8 cm³/mol. The summed E-state index contributed by atoms with van der Waals surface area (Å²) >= 11 is 0. The molecule has 0 aliphatic carbocycles. The van der Waals surface area contributed by atoms with Gasteiger partial charge >= 0.3 is 0 Å². The maximum absolute atomic E-state index is 11.9. The monoisotopic (exact) mass is 217 g/mol. The van der Waals surface area contributed by atoms with Crippen LogP contribution in [0.15, 0.2) is 39.7 Å². The number of fused-ring (bicyclic) bond motifs is 1. The van der Waals surface area contributed by atoms with Gasteiger partial charge in [-0.2, -0.15) is 0 Å². The molecule has 0 fully saturated rings. The molecule has 82 valence electrons. The molecule has 0 N–H and O–H groups in total. The second-order valence-corrected chi connectivity index (χ2v) is 3.38. The van der Waals surface area contributed by atoms with Crippen molar-refractivity contribution in [1.82, 2.24) is 0 Å². The largest absolute Gasteiger partial charge is 0.624 e. The highest BCUT2D eigenvalue weighted by atomic mass is 16.5. The third-order valence-electron chi connectivity index (χ3n) is 2.30. The van der Waals surface area contributed by atoms with Crippen LogP contribution in [0.1, 0.15) is 12.5 Å². The minimum atomic E-state index is -0.184. The summed E-state index contributed by atoms with van der Waals surface area (Å²) in [6.45, 7) is 2.01. The standard InChI is InChI=1S/C12H11NO3/c1-2-13(15)7-9-8-16-11-6-4-3-5-10(11)12(9)14/h3-8H,2H2,1H3/b13-7+. The van der Waals surface area contributed by atoms with Gasteiger partial charge in [0.25, 0.3) is 0 Å². The molecular formula is C12H11NO3. The van der Waals surface area contributed by atoms with Crippen LogP contribution in [0.2, 0.25) is 0 Å². The third-order valence-corrected chi connectivity index (χ3v) is 2.30. The average molecular weight is 217 g/mol. The highest BCUT2D eigenvalue weighted by molar-refractivity contribution is 5.84. The smallest absolute Gasteiger partial charge is 0.205 e. The molecule has 0 radical (unpaired) electrons. The summed E-state index contributed by atoms with van der Waals surface area (Å²) in [7, 11) is 0. The summed E-state index contributed by atoms with van der Waals surface area (Å²) in [5, 5.41) is 11.6. The summed E-state index contributed by atoms with van der Waals surface area (Å²) in [5.41, 5.74) is 0.616. The number of benzene rings is 1. The van der Waals surface area contributed by atoms with E-state index >= 15 is 0 Å². The fourth-order valence-corrected chi connectivity index (χ4v) is 1.43. The summed E-state index contributed by atoms with van der Waals surface area (Å²) in [6, 6.07) is 6.95. The summed E-state index contributed by atoms with van der Waals surface area (Å²) < 4.78 is 5.97. The molecule has 16 heavy (non-hydrogen) atoms. The minimum absolute atomic E-state index is 0.184. The number of hydrogen-bond acceptors (Lipinski definition) is 3. The number of rotatable bonds is 2. The van der Waals surface area contributed by atoms with Crippen LogP contribution in [0.4, 0.5) is 0 Å². The topological polar surface area (TPSA) is 56.3 Å². The first-order valence-corrected chi connectivity index (χ1v) is 5.01. The van der Waals surface area contributed by atoms with E-state index in [1.807, 2.05) is 0 Å². The molecule has 0 saturated carbocycles. The van der Waals surface area contributed by atoms with Gasteiger partial charge in [-0.1, -0.05) is 12.1 Å². The number of nitrogens with zero attached hydrogens (tertiary/aromatic N) is 1. The van der Waals surface area contributed by atoms with Crippen molar-refractivity contribution in [2.45, 2.75) is 6.92 Å². The zero-order valence-corrected chi connectivity index (χ0v) is 8.84. The van der Waals surface area contributed by atoms with Crippen molar-refractivity contribution in [1.29, 1.82) is 0 Å². The lowest BCUT2D eigenvalue weighted by atomic mass is 10.2.